The molecule has 2 aromatic rings. The van der Waals surface area contributed by atoms with Crippen LogP contribution in [0.4, 0.5) is 0 Å². The molecule has 2 saturated heterocycles. The van der Waals surface area contributed by atoms with E-state index in [4.69, 9.17) is 9.05 Å². The molecule has 0 aliphatic carbocycles. The van der Waals surface area contributed by atoms with Gasteiger partial charge in [-0.1, -0.05) is 70.8 Å². The lowest BCUT2D eigenvalue weighted by molar-refractivity contribution is -0.135. The van der Waals surface area contributed by atoms with Crippen LogP contribution in [0.5, 0.6) is 0 Å². The average Bonchev–Trinajstić information content (AvgIpc) is 3.07. The Kier molecular flexibility index (Phi) is 4.25. The van der Waals surface area contributed by atoms with Gasteiger partial charge in [0.15, 0.2) is 12.1 Å². The molecule has 25 heavy (non-hydrogen) atoms. The van der Waals surface area contributed by atoms with Gasteiger partial charge in [0.2, 0.25) is 0 Å². The second kappa shape index (κ2) is 6.56. The summed E-state index contributed by atoms with van der Waals surface area (Å²) < 4.78 is 10.9. The molecule has 2 aliphatic heterocycles. The summed E-state index contributed by atoms with van der Waals surface area (Å²) in [4.78, 5) is 24.4. The molecule has 2 N–H and O–H groups in total. The molecule has 0 unspecified atom stereocenters. The number of rotatable bonds is 4. The second-order valence-electron chi connectivity index (χ2n) is 6.11. The molecule has 0 radical (unpaired) electrons. The van der Waals surface area contributed by atoms with E-state index in [0.29, 0.717) is 12.8 Å². The van der Waals surface area contributed by atoms with Crippen molar-refractivity contribution in [1.29, 1.82) is 0 Å². The van der Waals surface area contributed by atoms with Crippen LogP contribution in [0.25, 0.3) is 0 Å². The first kappa shape index (κ1) is 16.2. The fourth-order valence-corrected chi connectivity index (χ4v) is 5.31. The maximum Gasteiger partial charge on any atom is 0.528 e. The van der Waals surface area contributed by atoms with Gasteiger partial charge in [0, 0.05) is 12.8 Å². The van der Waals surface area contributed by atoms with Crippen molar-refractivity contribution in [3.8, 4) is 0 Å². The normalized spacial score (nSPS) is 24.3. The number of hydrogen-bond acceptors (Lipinski definition) is 6. The molecule has 128 valence electrons. The third kappa shape index (κ3) is 3.42. The highest BCUT2D eigenvalue weighted by Crippen LogP contribution is 2.61. The molecule has 4 rings (SSSR count). The first-order valence-corrected chi connectivity index (χ1v) is 9.75. The third-order valence-electron chi connectivity index (χ3n) is 4.22. The van der Waals surface area contributed by atoms with Gasteiger partial charge in [-0.25, -0.2) is 18.6 Å². The molecule has 1 spiro atoms. The summed E-state index contributed by atoms with van der Waals surface area (Å²) in [6.07, 6.45) is 0.980. The van der Waals surface area contributed by atoms with Crippen molar-refractivity contribution >= 4 is 20.0 Å². The zero-order valence-corrected chi connectivity index (χ0v) is 14.3. The summed E-state index contributed by atoms with van der Waals surface area (Å²) in [5.74, 6) is -0.782. The molecule has 6 nitrogen and oxygen atoms in total. The number of carbonyl (C=O) groups is 2. The van der Waals surface area contributed by atoms with Crippen LogP contribution >= 0.6 is 8.02 Å². The molecule has 2 heterocycles. The predicted octanol–water partition coefficient (Wildman–Crippen LogP) is 2.18. The van der Waals surface area contributed by atoms with Crippen LogP contribution in [-0.2, 0) is 31.5 Å². The molecule has 2 aliphatic rings. The lowest BCUT2D eigenvalue weighted by atomic mass is 10.1. The van der Waals surface area contributed by atoms with Crippen molar-refractivity contribution in [2.24, 2.45) is 0 Å². The zero-order chi connectivity index (χ0) is 17.3. The van der Waals surface area contributed by atoms with Crippen LogP contribution in [0.3, 0.4) is 0 Å². The topological polar surface area (TPSA) is 76.7 Å². The quantitative estimate of drug-likeness (QED) is 0.817. The Morgan fingerprint density at radius 1 is 0.720 bits per heavy atom. The molecule has 0 saturated carbocycles. The van der Waals surface area contributed by atoms with Crippen LogP contribution in [0.15, 0.2) is 60.7 Å². The van der Waals surface area contributed by atoms with Crippen LogP contribution < -0.4 is 10.2 Å². The van der Waals surface area contributed by atoms with Gasteiger partial charge in [0.05, 0.1) is 0 Å². The van der Waals surface area contributed by atoms with E-state index in [9.17, 15) is 9.59 Å². The van der Waals surface area contributed by atoms with Crippen molar-refractivity contribution in [3.63, 3.8) is 0 Å². The summed E-state index contributed by atoms with van der Waals surface area (Å²) >= 11 is 0. The van der Waals surface area contributed by atoms with E-state index in [1.165, 1.54) is 0 Å². The number of carbonyl (C=O) groups excluding carboxylic acids is 2. The lowest BCUT2D eigenvalue weighted by Gasteiger charge is -2.09. The Morgan fingerprint density at radius 2 is 1.12 bits per heavy atom. The maximum atomic E-state index is 12.2. The predicted molar refractivity (Wildman–Crippen MR) is 93.2 cm³/mol. The molecule has 0 bridgehead atoms. The average molecular weight is 357 g/mol. The highest BCUT2D eigenvalue weighted by molar-refractivity contribution is 7.64. The van der Waals surface area contributed by atoms with Gasteiger partial charge in [0.1, 0.15) is 0 Å². The molecule has 7 heteroatoms. The summed E-state index contributed by atoms with van der Waals surface area (Å²) in [7, 11) is -2.90. The van der Waals surface area contributed by atoms with Crippen molar-refractivity contribution in [2.75, 3.05) is 0 Å². The number of benzene rings is 2. The second-order valence-corrected chi connectivity index (χ2v) is 8.10. The Morgan fingerprint density at radius 3 is 1.52 bits per heavy atom. The first-order chi connectivity index (χ1) is 12.1. The van der Waals surface area contributed by atoms with E-state index in [1.54, 1.807) is 0 Å². The highest BCUT2D eigenvalue weighted by atomic mass is 31.2. The summed E-state index contributed by atoms with van der Waals surface area (Å²) in [5, 5.41) is 6.19. The van der Waals surface area contributed by atoms with E-state index in [0.717, 1.165) is 11.1 Å². The minimum Gasteiger partial charge on any atom is -0.245 e. The van der Waals surface area contributed by atoms with E-state index in [2.05, 4.69) is 10.2 Å². The first-order valence-electron chi connectivity index (χ1n) is 8.13. The molecule has 0 amide bonds. The summed E-state index contributed by atoms with van der Waals surface area (Å²) in [5.41, 5.74) is 2.03. The SMILES string of the molecule is O=C1O[P+]2(N[C@@H]1Cc1ccccc1)N[C@H](Cc1ccccc1)C(=O)O2. The minimum absolute atomic E-state index is 0.391. The van der Waals surface area contributed by atoms with Gasteiger partial charge in [0.25, 0.3) is 0 Å². The van der Waals surface area contributed by atoms with Crippen LogP contribution in [0, 0.1) is 0 Å². The van der Waals surface area contributed by atoms with Gasteiger partial charge in [-0.05, 0) is 11.1 Å². The standard InChI is InChI=1S/C18H18N2O4P/c21-17-15(11-13-7-3-1-4-8-13)19-25(23-17)20-16(18(22)24-25)12-14-9-5-2-6-10-14/h1-10,15-16,19-20H,11-12H2/q+1/t15-,16-,25?/m1/s1. The summed E-state index contributed by atoms with van der Waals surface area (Å²) in [6, 6.07) is 18.3. The molecule has 2 atom stereocenters. The monoisotopic (exact) mass is 357 g/mol. The molecule has 0 aromatic heterocycles. The van der Waals surface area contributed by atoms with E-state index in [1.807, 2.05) is 60.7 Å². The van der Waals surface area contributed by atoms with Gasteiger partial charge < -0.3 is 0 Å². The zero-order valence-electron chi connectivity index (χ0n) is 13.4. The fourth-order valence-electron chi connectivity index (χ4n) is 3.02. The van der Waals surface area contributed by atoms with Crippen LogP contribution in [0.2, 0.25) is 0 Å². The van der Waals surface area contributed by atoms with Crippen molar-refractivity contribution in [1.82, 2.24) is 10.2 Å². The van der Waals surface area contributed by atoms with Gasteiger partial charge in [-0.3, -0.25) is 0 Å². The van der Waals surface area contributed by atoms with Gasteiger partial charge in [-0.15, -0.1) is 0 Å². The Bertz CT molecular complexity index is 717. The van der Waals surface area contributed by atoms with Crippen molar-refractivity contribution < 1.29 is 18.6 Å². The largest absolute Gasteiger partial charge is 0.528 e. The smallest absolute Gasteiger partial charge is 0.245 e. The summed E-state index contributed by atoms with van der Waals surface area (Å²) in [6.45, 7) is 0. The molecule has 2 fully saturated rings. The van der Waals surface area contributed by atoms with Crippen LogP contribution in [-0.4, -0.2) is 24.0 Å². The Balaban J connectivity index is 1.44. The van der Waals surface area contributed by atoms with Gasteiger partial charge in [-0.2, -0.15) is 0 Å². The Hall–Kier alpha value is -2.27. The van der Waals surface area contributed by atoms with Crippen molar-refractivity contribution in [2.45, 2.75) is 24.9 Å². The Labute approximate surface area is 146 Å². The number of hydrogen-bond donors (Lipinski definition) is 2. The lowest BCUT2D eigenvalue weighted by Crippen LogP contribution is -2.33. The maximum absolute atomic E-state index is 12.2. The van der Waals surface area contributed by atoms with Crippen molar-refractivity contribution in [3.05, 3.63) is 71.8 Å². The molecular formula is C18H18N2O4P+. The highest BCUT2D eigenvalue weighted by Gasteiger charge is 2.66. The molecular weight excluding hydrogens is 339 g/mol. The van der Waals surface area contributed by atoms with Gasteiger partial charge >= 0.3 is 20.0 Å². The minimum atomic E-state index is -2.90. The van der Waals surface area contributed by atoms with E-state index >= 15 is 0 Å². The van der Waals surface area contributed by atoms with E-state index < -0.39 is 32.0 Å². The number of nitrogens with one attached hydrogen (secondary N) is 2. The van der Waals surface area contributed by atoms with Crippen LogP contribution in [0.1, 0.15) is 11.1 Å². The molecule has 2 aromatic carbocycles. The fraction of sp³-hybridized carbons (Fsp3) is 0.222. The van der Waals surface area contributed by atoms with E-state index in [-0.39, 0.29) is 0 Å². The third-order valence-corrected chi connectivity index (χ3v) is 6.40.